The van der Waals surface area contributed by atoms with Crippen LogP contribution in [-0.2, 0) is 4.79 Å². The summed E-state index contributed by atoms with van der Waals surface area (Å²) in [5.41, 5.74) is 7.92. The maximum Gasteiger partial charge on any atom is 0.243 e. The number of carbonyl (C=O) groups excluding carboxylic acids is 1. The summed E-state index contributed by atoms with van der Waals surface area (Å²) in [7, 11) is 0. The molecule has 3 heteroatoms. The van der Waals surface area contributed by atoms with Crippen molar-refractivity contribution < 1.29 is 4.79 Å². The molecular formula is C11H10N2O. The van der Waals surface area contributed by atoms with Gasteiger partial charge in [0.1, 0.15) is 0 Å². The van der Waals surface area contributed by atoms with Crippen LogP contribution in [0.25, 0.3) is 11.8 Å². The predicted molar refractivity (Wildman–Crippen MR) is 55.8 cm³/mol. The van der Waals surface area contributed by atoms with Gasteiger partial charge in [-0.05, 0) is 11.6 Å². The summed E-state index contributed by atoms with van der Waals surface area (Å²) >= 11 is 0. The van der Waals surface area contributed by atoms with Crippen molar-refractivity contribution in [1.29, 1.82) is 0 Å². The van der Waals surface area contributed by atoms with Crippen molar-refractivity contribution in [1.82, 2.24) is 5.32 Å². The summed E-state index contributed by atoms with van der Waals surface area (Å²) < 4.78 is 0. The van der Waals surface area contributed by atoms with Crippen molar-refractivity contribution in [3.8, 4) is 0 Å². The summed E-state index contributed by atoms with van der Waals surface area (Å²) in [6, 6.07) is 7.81. The minimum absolute atomic E-state index is 0.447. The number of primary amides is 1. The van der Waals surface area contributed by atoms with E-state index in [1.54, 1.807) is 6.20 Å². The van der Waals surface area contributed by atoms with Gasteiger partial charge in [-0.3, -0.25) is 4.79 Å². The number of nitrogens with two attached hydrogens (primary N) is 1. The van der Waals surface area contributed by atoms with Gasteiger partial charge in [0.2, 0.25) is 5.91 Å². The minimum atomic E-state index is -0.447. The molecule has 1 heterocycles. The summed E-state index contributed by atoms with van der Waals surface area (Å²) in [5.74, 6) is -0.447. The van der Waals surface area contributed by atoms with Crippen LogP contribution in [0.5, 0.6) is 0 Å². The molecule has 0 saturated heterocycles. The van der Waals surface area contributed by atoms with Gasteiger partial charge in [-0.2, -0.15) is 0 Å². The van der Waals surface area contributed by atoms with Gasteiger partial charge in [0.05, 0.1) is 5.70 Å². The Balaban J connectivity index is 2.51. The minimum Gasteiger partial charge on any atom is -0.366 e. The second-order valence-electron chi connectivity index (χ2n) is 3.03. The third-order valence-electron chi connectivity index (χ3n) is 2.04. The average Bonchev–Trinajstić information content (AvgIpc) is 2.18. The van der Waals surface area contributed by atoms with E-state index in [1.165, 1.54) is 6.08 Å². The quantitative estimate of drug-likeness (QED) is 0.645. The molecule has 0 radical (unpaired) electrons. The van der Waals surface area contributed by atoms with Gasteiger partial charge in [-0.1, -0.05) is 24.3 Å². The van der Waals surface area contributed by atoms with Crippen molar-refractivity contribution in [2.45, 2.75) is 0 Å². The van der Waals surface area contributed by atoms with Gasteiger partial charge in [-0.15, -0.1) is 0 Å². The fourth-order valence-corrected chi connectivity index (χ4v) is 1.45. The Labute approximate surface area is 81.9 Å². The zero-order valence-electron chi connectivity index (χ0n) is 7.53. The van der Waals surface area contributed by atoms with E-state index in [-0.39, 0.29) is 0 Å². The second kappa shape index (κ2) is 3.38. The van der Waals surface area contributed by atoms with E-state index in [1.807, 2.05) is 30.3 Å². The predicted octanol–water partition coefficient (Wildman–Crippen LogP) is 1.09. The summed E-state index contributed by atoms with van der Waals surface area (Å²) in [5, 5.41) is 2.99. The highest BCUT2D eigenvalue weighted by Gasteiger charge is 2.08. The molecule has 0 fully saturated rings. The van der Waals surface area contributed by atoms with Gasteiger partial charge < -0.3 is 11.1 Å². The number of hydrogen-bond donors (Lipinski definition) is 2. The lowest BCUT2D eigenvalue weighted by atomic mass is 10.0. The number of rotatable bonds is 1. The van der Waals surface area contributed by atoms with E-state index in [2.05, 4.69) is 5.32 Å². The summed E-state index contributed by atoms with van der Waals surface area (Å²) in [6.45, 7) is 0. The first-order valence-corrected chi connectivity index (χ1v) is 4.31. The van der Waals surface area contributed by atoms with Gasteiger partial charge in [0.25, 0.3) is 0 Å². The maximum atomic E-state index is 10.8. The van der Waals surface area contributed by atoms with Gasteiger partial charge in [-0.25, -0.2) is 0 Å². The van der Waals surface area contributed by atoms with Crippen LogP contribution >= 0.6 is 0 Å². The number of nitrogens with one attached hydrogen (secondary N) is 1. The Morgan fingerprint density at radius 3 is 2.93 bits per heavy atom. The molecule has 0 saturated carbocycles. The van der Waals surface area contributed by atoms with Crippen molar-refractivity contribution in [3.63, 3.8) is 0 Å². The standard InChI is InChI=1S/C11H10N2O/c12-11(14)7-10-9-4-2-1-3-8(9)5-6-13-10/h1-7,13H,(H2,12,14). The number of amides is 1. The first kappa shape index (κ1) is 8.56. The second-order valence-corrected chi connectivity index (χ2v) is 3.03. The Morgan fingerprint density at radius 1 is 1.36 bits per heavy atom. The lowest BCUT2D eigenvalue weighted by molar-refractivity contribution is -0.113. The van der Waals surface area contributed by atoms with Crippen molar-refractivity contribution in [2.24, 2.45) is 5.73 Å². The maximum absolute atomic E-state index is 10.8. The van der Waals surface area contributed by atoms with Gasteiger partial charge in [0.15, 0.2) is 0 Å². The molecule has 3 N–H and O–H groups in total. The molecule has 0 unspecified atom stereocenters. The molecule has 2 rings (SSSR count). The molecule has 70 valence electrons. The van der Waals surface area contributed by atoms with E-state index < -0.39 is 5.91 Å². The molecule has 0 aliphatic carbocycles. The van der Waals surface area contributed by atoms with Crippen LogP contribution in [0.4, 0.5) is 0 Å². The van der Waals surface area contributed by atoms with Crippen molar-refractivity contribution >= 4 is 17.7 Å². The molecule has 14 heavy (non-hydrogen) atoms. The molecule has 3 nitrogen and oxygen atoms in total. The van der Waals surface area contributed by atoms with E-state index in [0.717, 1.165) is 16.8 Å². The molecule has 0 atom stereocenters. The largest absolute Gasteiger partial charge is 0.366 e. The zero-order valence-corrected chi connectivity index (χ0v) is 7.53. The van der Waals surface area contributed by atoms with Crippen LogP contribution in [-0.4, -0.2) is 5.91 Å². The zero-order chi connectivity index (χ0) is 9.97. The Kier molecular flexibility index (Phi) is 2.07. The molecule has 1 aliphatic rings. The molecule has 0 aromatic heterocycles. The van der Waals surface area contributed by atoms with Gasteiger partial charge in [0, 0.05) is 17.8 Å². The summed E-state index contributed by atoms with van der Waals surface area (Å²) in [4.78, 5) is 10.8. The molecule has 1 aliphatic heterocycles. The third kappa shape index (κ3) is 1.52. The van der Waals surface area contributed by atoms with Crippen LogP contribution in [0, 0.1) is 0 Å². The highest BCUT2D eigenvalue weighted by Crippen LogP contribution is 2.21. The van der Waals surface area contributed by atoms with Crippen LogP contribution in [0.1, 0.15) is 11.1 Å². The van der Waals surface area contributed by atoms with Crippen molar-refractivity contribution in [3.05, 3.63) is 47.7 Å². The van der Waals surface area contributed by atoms with E-state index in [9.17, 15) is 4.79 Å². The van der Waals surface area contributed by atoms with E-state index in [0.29, 0.717) is 0 Å². The smallest absolute Gasteiger partial charge is 0.243 e. The van der Waals surface area contributed by atoms with Crippen LogP contribution < -0.4 is 11.1 Å². The van der Waals surface area contributed by atoms with Crippen LogP contribution in [0.3, 0.4) is 0 Å². The highest BCUT2D eigenvalue weighted by atomic mass is 16.1. The SMILES string of the molecule is NC(=O)C=C1NC=Cc2ccccc21. The topological polar surface area (TPSA) is 55.1 Å². The molecule has 0 spiro atoms. The molecule has 1 aromatic rings. The number of hydrogen-bond acceptors (Lipinski definition) is 2. The lowest BCUT2D eigenvalue weighted by Gasteiger charge is -2.14. The number of carbonyl (C=O) groups is 1. The van der Waals surface area contributed by atoms with Crippen LogP contribution in [0.15, 0.2) is 36.5 Å². The first-order valence-electron chi connectivity index (χ1n) is 4.31. The normalized spacial score (nSPS) is 16.1. The van der Waals surface area contributed by atoms with Gasteiger partial charge >= 0.3 is 0 Å². The van der Waals surface area contributed by atoms with E-state index in [4.69, 9.17) is 5.73 Å². The average molecular weight is 186 g/mol. The molecular weight excluding hydrogens is 176 g/mol. The molecule has 0 bridgehead atoms. The van der Waals surface area contributed by atoms with Crippen LogP contribution in [0.2, 0.25) is 0 Å². The Morgan fingerprint density at radius 2 is 2.14 bits per heavy atom. The fraction of sp³-hybridized carbons (Fsp3) is 0. The fourth-order valence-electron chi connectivity index (χ4n) is 1.45. The molecule has 1 aromatic carbocycles. The monoisotopic (exact) mass is 186 g/mol. The van der Waals surface area contributed by atoms with Crippen molar-refractivity contribution in [2.75, 3.05) is 0 Å². The lowest BCUT2D eigenvalue weighted by Crippen LogP contribution is -2.14. The highest BCUT2D eigenvalue weighted by molar-refractivity contribution is 5.95. The molecule has 1 amide bonds. The van der Waals surface area contributed by atoms with E-state index >= 15 is 0 Å². The Hall–Kier alpha value is -2.03. The number of benzene rings is 1. The number of fused-ring (bicyclic) bond motifs is 1. The summed E-state index contributed by atoms with van der Waals surface area (Å²) in [6.07, 6.45) is 5.13. The first-order chi connectivity index (χ1) is 6.77. The Bertz CT molecular complexity index is 433. The third-order valence-corrected chi connectivity index (χ3v) is 2.04.